The molecule has 0 radical (unpaired) electrons. The van der Waals surface area contributed by atoms with Gasteiger partial charge in [-0.05, 0) is 26.7 Å². The fourth-order valence-electron chi connectivity index (χ4n) is 3.25. The van der Waals surface area contributed by atoms with E-state index in [1.165, 1.54) is 44.9 Å². The summed E-state index contributed by atoms with van der Waals surface area (Å²) in [6.07, 6.45) is 13.9. The van der Waals surface area contributed by atoms with Gasteiger partial charge in [-0.3, -0.25) is 9.36 Å². The quantitative estimate of drug-likeness (QED) is 0.118. The predicted molar refractivity (Wildman–Crippen MR) is 117 cm³/mol. The van der Waals surface area contributed by atoms with Crippen molar-refractivity contribution >= 4 is 13.6 Å². The van der Waals surface area contributed by atoms with Gasteiger partial charge in [0.15, 0.2) is 5.66 Å². The molecule has 0 bridgehead atoms. The van der Waals surface area contributed by atoms with Gasteiger partial charge >= 0.3 is 13.6 Å². The smallest absolute Gasteiger partial charge is 0.344 e. The van der Waals surface area contributed by atoms with Gasteiger partial charge in [0.1, 0.15) is 0 Å². The number of rotatable bonds is 20. The monoisotopic (exact) mass is 420 g/mol. The normalized spacial score (nSPS) is 12.9. The predicted octanol–water partition coefficient (Wildman–Crippen LogP) is 7.28. The molecule has 0 saturated heterocycles. The fraction of sp³-hybridized carbons (Fsp3) is 0.955. The van der Waals surface area contributed by atoms with E-state index in [1.54, 1.807) is 13.8 Å². The van der Waals surface area contributed by atoms with Crippen LogP contribution in [0.5, 0.6) is 0 Å². The number of hydrogen-bond acceptors (Lipinski definition) is 5. The van der Waals surface area contributed by atoms with E-state index in [-0.39, 0.29) is 13.2 Å². The van der Waals surface area contributed by atoms with E-state index in [1.807, 2.05) is 0 Å². The highest BCUT2D eigenvalue weighted by Crippen LogP contribution is 2.55. The Bertz CT molecular complexity index is 404. The lowest BCUT2D eigenvalue weighted by molar-refractivity contribution is -0.144. The first-order valence-corrected chi connectivity index (χ1v) is 13.2. The van der Waals surface area contributed by atoms with Gasteiger partial charge < -0.3 is 13.8 Å². The van der Waals surface area contributed by atoms with Gasteiger partial charge in [0.25, 0.3) is 0 Å². The summed E-state index contributed by atoms with van der Waals surface area (Å²) in [7, 11) is -3.49. The Morgan fingerprint density at radius 2 is 1.18 bits per heavy atom. The molecule has 5 nitrogen and oxygen atoms in total. The Kier molecular flexibility index (Phi) is 18.4. The highest BCUT2D eigenvalue weighted by Gasteiger charge is 2.41. The van der Waals surface area contributed by atoms with E-state index in [0.717, 1.165) is 32.1 Å². The molecule has 0 heterocycles. The topological polar surface area (TPSA) is 61.8 Å². The van der Waals surface area contributed by atoms with Crippen LogP contribution < -0.4 is 0 Å². The molecule has 6 heteroatoms. The van der Waals surface area contributed by atoms with Gasteiger partial charge in [-0.2, -0.15) is 0 Å². The molecule has 0 aliphatic heterocycles. The molecule has 0 N–H and O–H groups in total. The molecule has 0 aliphatic rings. The Hall–Kier alpha value is -0.380. The summed E-state index contributed by atoms with van der Waals surface area (Å²) in [6, 6.07) is 0. The largest absolute Gasteiger partial charge is 0.465 e. The lowest BCUT2D eigenvalue weighted by Crippen LogP contribution is -2.26. The first kappa shape index (κ1) is 27.6. The second-order valence-electron chi connectivity index (χ2n) is 7.38. The van der Waals surface area contributed by atoms with Crippen molar-refractivity contribution in [3.63, 3.8) is 0 Å². The Morgan fingerprint density at radius 1 is 0.714 bits per heavy atom. The van der Waals surface area contributed by atoms with E-state index >= 15 is 0 Å². The summed E-state index contributed by atoms with van der Waals surface area (Å²) in [5.41, 5.74) is -0.807. The van der Waals surface area contributed by atoms with Crippen molar-refractivity contribution < 1.29 is 23.1 Å². The standard InChI is InChI=1S/C22H45O5P/c1-5-9-11-13-15-17-19-21(28(24,26-7-3)27-8-4)22(23)25-20-18-16-14-12-10-6-2/h21H,5-20H2,1-4H3. The van der Waals surface area contributed by atoms with Crippen LogP contribution in [0.4, 0.5) is 0 Å². The van der Waals surface area contributed by atoms with Crippen LogP contribution >= 0.6 is 7.60 Å². The molecule has 1 atom stereocenters. The van der Waals surface area contributed by atoms with Crippen LogP contribution in [0.3, 0.4) is 0 Å². The lowest BCUT2D eigenvalue weighted by Gasteiger charge is -2.25. The van der Waals surface area contributed by atoms with E-state index in [2.05, 4.69) is 13.8 Å². The first-order valence-electron chi connectivity index (χ1n) is 11.6. The Labute approximate surface area is 173 Å². The third-order valence-corrected chi connectivity index (χ3v) is 7.31. The van der Waals surface area contributed by atoms with Gasteiger partial charge in [-0.25, -0.2) is 0 Å². The SMILES string of the molecule is CCCCCCCCOC(=O)C(CCCCCCCC)P(=O)(OCC)OCC. The van der Waals surface area contributed by atoms with E-state index < -0.39 is 19.2 Å². The van der Waals surface area contributed by atoms with Gasteiger partial charge in [0.05, 0.1) is 19.8 Å². The van der Waals surface area contributed by atoms with Crippen LogP contribution in [0.15, 0.2) is 0 Å². The summed E-state index contributed by atoms with van der Waals surface area (Å²) in [6.45, 7) is 8.83. The maximum Gasteiger partial charge on any atom is 0.344 e. The summed E-state index contributed by atoms with van der Waals surface area (Å²) >= 11 is 0. The molecule has 1 unspecified atom stereocenters. The zero-order chi connectivity index (χ0) is 21.1. The molecule has 0 fully saturated rings. The van der Waals surface area contributed by atoms with E-state index in [4.69, 9.17) is 13.8 Å². The highest BCUT2D eigenvalue weighted by molar-refractivity contribution is 7.55. The summed E-state index contributed by atoms with van der Waals surface area (Å²) in [4.78, 5) is 12.7. The van der Waals surface area contributed by atoms with Gasteiger partial charge in [-0.15, -0.1) is 0 Å². The van der Waals surface area contributed by atoms with Crippen molar-refractivity contribution in [3.8, 4) is 0 Å². The fourth-order valence-corrected chi connectivity index (χ4v) is 5.24. The van der Waals surface area contributed by atoms with E-state index in [9.17, 15) is 9.36 Å². The maximum atomic E-state index is 13.2. The molecule has 0 amide bonds. The molecule has 0 aromatic carbocycles. The molecule has 28 heavy (non-hydrogen) atoms. The number of carbonyl (C=O) groups excluding carboxylic acids is 1. The molecular weight excluding hydrogens is 375 g/mol. The number of esters is 1. The lowest BCUT2D eigenvalue weighted by atomic mass is 10.1. The number of ether oxygens (including phenoxy) is 1. The second-order valence-corrected chi connectivity index (χ2v) is 9.60. The van der Waals surface area contributed by atoms with Gasteiger partial charge in [0.2, 0.25) is 0 Å². The Balaban J connectivity index is 4.59. The van der Waals surface area contributed by atoms with Crippen molar-refractivity contribution in [2.45, 2.75) is 117 Å². The molecule has 0 spiro atoms. The van der Waals surface area contributed by atoms with Crippen molar-refractivity contribution in [1.29, 1.82) is 0 Å². The molecule has 0 rings (SSSR count). The van der Waals surface area contributed by atoms with Crippen LogP contribution in [-0.4, -0.2) is 31.4 Å². The minimum absolute atomic E-state index is 0.259. The van der Waals surface area contributed by atoms with Crippen molar-refractivity contribution in [2.24, 2.45) is 0 Å². The molecule has 0 aromatic rings. The van der Waals surface area contributed by atoms with Crippen LogP contribution in [0.2, 0.25) is 0 Å². The summed E-state index contributed by atoms with van der Waals surface area (Å²) in [5.74, 6) is -0.424. The third kappa shape index (κ3) is 13.0. The second kappa shape index (κ2) is 18.6. The van der Waals surface area contributed by atoms with Gasteiger partial charge in [-0.1, -0.05) is 84.5 Å². The maximum absolute atomic E-state index is 13.2. The molecule has 0 aliphatic carbocycles. The van der Waals surface area contributed by atoms with Crippen molar-refractivity contribution in [2.75, 3.05) is 19.8 Å². The van der Waals surface area contributed by atoms with E-state index in [0.29, 0.717) is 13.0 Å². The Morgan fingerprint density at radius 3 is 1.68 bits per heavy atom. The van der Waals surface area contributed by atoms with Gasteiger partial charge in [0, 0.05) is 0 Å². The minimum atomic E-state index is -3.49. The first-order chi connectivity index (χ1) is 13.6. The highest BCUT2D eigenvalue weighted by atomic mass is 31.2. The van der Waals surface area contributed by atoms with Crippen LogP contribution in [0.1, 0.15) is 111 Å². The van der Waals surface area contributed by atoms with Crippen molar-refractivity contribution in [1.82, 2.24) is 0 Å². The summed E-state index contributed by atoms with van der Waals surface area (Å²) in [5, 5.41) is 0. The third-order valence-electron chi connectivity index (χ3n) is 4.85. The van der Waals surface area contributed by atoms with Crippen LogP contribution in [0, 0.1) is 0 Å². The molecule has 0 aromatic heterocycles. The number of hydrogen-bond donors (Lipinski definition) is 0. The number of unbranched alkanes of at least 4 members (excludes halogenated alkanes) is 10. The number of carbonyl (C=O) groups is 1. The average Bonchev–Trinajstić information content (AvgIpc) is 2.66. The van der Waals surface area contributed by atoms with Crippen LogP contribution in [0.25, 0.3) is 0 Å². The zero-order valence-corrected chi connectivity index (χ0v) is 19.8. The molecule has 168 valence electrons. The summed E-state index contributed by atoms with van der Waals surface area (Å²) < 4.78 is 29.6. The molecular formula is C22H45O5P. The minimum Gasteiger partial charge on any atom is -0.465 e. The molecule has 0 saturated carbocycles. The zero-order valence-electron chi connectivity index (χ0n) is 18.9. The van der Waals surface area contributed by atoms with Crippen molar-refractivity contribution in [3.05, 3.63) is 0 Å². The average molecular weight is 421 g/mol. The van der Waals surface area contributed by atoms with Crippen LogP contribution in [-0.2, 0) is 23.1 Å².